The molecule has 0 saturated heterocycles. The molecule has 1 aliphatic rings. The Bertz CT molecular complexity index is 1400. The van der Waals surface area contributed by atoms with Crippen molar-refractivity contribution in [1.29, 1.82) is 10.5 Å². The lowest BCUT2D eigenvalue weighted by atomic mass is 9.97. The van der Waals surface area contributed by atoms with Crippen LogP contribution in [0.1, 0.15) is 11.1 Å². The molecule has 5 nitrogen and oxygen atoms in total. The van der Waals surface area contributed by atoms with E-state index in [2.05, 4.69) is 38.7 Å². The Morgan fingerprint density at radius 1 is 0.704 bits per heavy atom. The maximum Gasteiger partial charge on any atom is 0.101 e. The molecule has 0 amide bonds. The number of nitrogens with one attached hydrogen (secondary N) is 1. The first-order valence-corrected chi connectivity index (χ1v) is 8.84. The molecule has 0 radical (unpaired) electrons. The van der Waals surface area contributed by atoms with Crippen LogP contribution >= 0.6 is 0 Å². The summed E-state index contributed by atoms with van der Waals surface area (Å²) >= 11 is 0. The largest absolute Gasteiger partial charge is 0.325 e. The van der Waals surface area contributed by atoms with Crippen LogP contribution in [-0.4, -0.2) is 9.13 Å². The van der Waals surface area contributed by atoms with E-state index >= 15 is 0 Å². The quantitative estimate of drug-likeness (QED) is 0.457. The van der Waals surface area contributed by atoms with Crippen LogP contribution in [0.4, 0.5) is 0 Å². The van der Waals surface area contributed by atoms with Gasteiger partial charge in [0.05, 0.1) is 46.5 Å². The van der Waals surface area contributed by atoms with Crippen molar-refractivity contribution in [2.75, 3.05) is 0 Å². The summed E-state index contributed by atoms with van der Waals surface area (Å²) in [7, 11) is 0. The van der Waals surface area contributed by atoms with E-state index in [4.69, 9.17) is 0 Å². The van der Waals surface area contributed by atoms with Crippen LogP contribution in [0.3, 0.4) is 0 Å². The Morgan fingerprint density at radius 3 is 1.59 bits per heavy atom. The first-order chi connectivity index (χ1) is 13.3. The van der Waals surface area contributed by atoms with Crippen molar-refractivity contribution in [2.45, 2.75) is 13.3 Å². The van der Waals surface area contributed by atoms with Crippen LogP contribution in [-0.2, 0) is 13.3 Å². The van der Waals surface area contributed by atoms with Gasteiger partial charge in [0, 0.05) is 21.5 Å². The lowest BCUT2D eigenvalue weighted by molar-refractivity contribution is 0.525. The number of nitriles is 2. The molecular formula is C22H13N5. The highest BCUT2D eigenvalue weighted by Crippen LogP contribution is 2.43. The number of hydrogen-bond acceptors (Lipinski definition) is 3. The predicted molar refractivity (Wildman–Crippen MR) is 105 cm³/mol. The first-order valence-electron chi connectivity index (χ1n) is 8.84. The second kappa shape index (κ2) is 4.88. The zero-order valence-electron chi connectivity index (χ0n) is 14.3. The van der Waals surface area contributed by atoms with Crippen molar-refractivity contribution in [3.8, 4) is 12.1 Å². The highest BCUT2D eigenvalue weighted by molar-refractivity contribution is 6.26. The highest BCUT2D eigenvalue weighted by Gasteiger charge is 2.27. The van der Waals surface area contributed by atoms with Crippen molar-refractivity contribution in [2.24, 2.45) is 0 Å². The molecule has 0 aliphatic carbocycles. The maximum absolute atomic E-state index is 10.0. The Balaban J connectivity index is 2.10. The molecule has 126 valence electrons. The summed E-state index contributed by atoms with van der Waals surface area (Å²) in [6.07, 6.45) is 0. The minimum Gasteiger partial charge on any atom is -0.325 e. The van der Waals surface area contributed by atoms with E-state index in [1.165, 1.54) is 0 Å². The predicted octanol–water partition coefficient (Wildman–Crippen LogP) is 4.16. The molecule has 0 fully saturated rings. The smallest absolute Gasteiger partial charge is 0.101 e. The molecule has 0 saturated carbocycles. The number of aromatic nitrogens is 2. The van der Waals surface area contributed by atoms with Gasteiger partial charge in [-0.25, -0.2) is 0 Å². The summed E-state index contributed by atoms with van der Waals surface area (Å²) in [5.41, 5.74) is 5.16. The SMILES string of the molecule is N#Cc1c(C#N)c2c3ccccc3n3c2c2c1c1ccccc1n2CNC3. The number of hydrogen-bond donors (Lipinski definition) is 1. The Kier molecular flexibility index (Phi) is 2.60. The Morgan fingerprint density at radius 2 is 1.15 bits per heavy atom. The Hall–Kier alpha value is -3.80. The van der Waals surface area contributed by atoms with Crippen molar-refractivity contribution in [3.05, 3.63) is 59.7 Å². The van der Waals surface area contributed by atoms with Crippen molar-refractivity contribution < 1.29 is 0 Å². The van der Waals surface area contributed by atoms with E-state index < -0.39 is 0 Å². The summed E-state index contributed by atoms with van der Waals surface area (Å²) in [6, 6.07) is 20.9. The number of para-hydroxylation sites is 2. The molecule has 5 heteroatoms. The zero-order valence-corrected chi connectivity index (χ0v) is 14.3. The van der Waals surface area contributed by atoms with E-state index in [1.807, 2.05) is 36.4 Å². The van der Waals surface area contributed by atoms with Crippen LogP contribution < -0.4 is 5.32 Å². The summed E-state index contributed by atoms with van der Waals surface area (Å²) in [6.45, 7) is 1.32. The molecule has 0 bridgehead atoms. The van der Waals surface area contributed by atoms with Crippen molar-refractivity contribution in [1.82, 2.24) is 14.5 Å². The van der Waals surface area contributed by atoms with Gasteiger partial charge in [0.25, 0.3) is 0 Å². The fraction of sp³-hybridized carbons (Fsp3) is 0.0909. The molecule has 0 spiro atoms. The molecule has 3 heterocycles. The number of nitrogens with zero attached hydrogens (tertiary/aromatic N) is 4. The third kappa shape index (κ3) is 1.56. The van der Waals surface area contributed by atoms with Crippen LogP contribution in [0.25, 0.3) is 43.6 Å². The number of benzene rings is 3. The molecule has 1 N–H and O–H groups in total. The van der Waals surface area contributed by atoms with Gasteiger partial charge in [0.1, 0.15) is 12.1 Å². The van der Waals surface area contributed by atoms with Gasteiger partial charge in [-0.05, 0) is 12.1 Å². The van der Waals surface area contributed by atoms with Crippen LogP contribution in [0.15, 0.2) is 48.5 Å². The van der Waals surface area contributed by atoms with Crippen LogP contribution in [0.5, 0.6) is 0 Å². The van der Waals surface area contributed by atoms with Gasteiger partial charge < -0.3 is 9.13 Å². The van der Waals surface area contributed by atoms with Gasteiger partial charge >= 0.3 is 0 Å². The van der Waals surface area contributed by atoms with Crippen LogP contribution in [0.2, 0.25) is 0 Å². The lowest BCUT2D eigenvalue weighted by Gasteiger charge is -2.06. The molecule has 0 atom stereocenters. The molecule has 0 unspecified atom stereocenters. The second-order valence-corrected chi connectivity index (χ2v) is 6.88. The Labute approximate surface area is 154 Å². The molecular weight excluding hydrogens is 334 g/mol. The molecule has 1 aliphatic heterocycles. The minimum absolute atomic E-state index is 0.472. The third-order valence-corrected chi connectivity index (χ3v) is 5.68. The average molecular weight is 347 g/mol. The maximum atomic E-state index is 10.0. The van der Waals surface area contributed by atoms with Crippen LogP contribution in [0, 0.1) is 22.7 Å². The fourth-order valence-electron chi connectivity index (χ4n) is 4.68. The molecule has 3 aromatic carbocycles. The molecule has 27 heavy (non-hydrogen) atoms. The van der Waals surface area contributed by atoms with Gasteiger partial charge in [-0.2, -0.15) is 10.5 Å². The minimum atomic E-state index is 0.472. The summed E-state index contributed by atoms with van der Waals surface area (Å²) in [5, 5.41) is 27.3. The van der Waals surface area contributed by atoms with Gasteiger partial charge in [-0.15, -0.1) is 0 Å². The van der Waals surface area contributed by atoms with Gasteiger partial charge in [0.15, 0.2) is 0 Å². The van der Waals surface area contributed by atoms with E-state index in [1.54, 1.807) is 0 Å². The summed E-state index contributed by atoms with van der Waals surface area (Å²) in [5.74, 6) is 0. The standard InChI is InChI=1S/C22H13N5/c23-9-15-16(10-24)20-14-6-2-4-8-18(14)27-12-25-11-26-17-7-3-1-5-13(17)19(15)21(26)22(20)27/h1-8,25H,11-12H2. The molecule has 5 aromatic rings. The highest BCUT2D eigenvalue weighted by atomic mass is 15.2. The monoisotopic (exact) mass is 347 g/mol. The lowest BCUT2D eigenvalue weighted by Crippen LogP contribution is -2.18. The summed E-state index contributed by atoms with van der Waals surface area (Å²) < 4.78 is 4.47. The van der Waals surface area contributed by atoms with Gasteiger partial charge in [-0.1, -0.05) is 36.4 Å². The van der Waals surface area contributed by atoms with E-state index in [0.29, 0.717) is 24.5 Å². The molecule has 6 rings (SSSR count). The van der Waals surface area contributed by atoms with Gasteiger partial charge in [0.2, 0.25) is 0 Å². The number of rotatable bonds is 0. The molecule has 2 aromatic heterocycles. The summed E-state index contributed by atoms with van der Waals surface area (Å²) in [4.78, 5) is 0. The van der Waals surface area contributed by atoms with E-state index in [0.717, 1.165) is 43.6 Å². The van der Waals surface area contributed by atoms with E-state index in [-0.39, 0.29) is 0 Å². The number of fused-ring (bicyclic) bond motifs is 6. The normalized spacial score (nSPS) is 13.4. The third-order valence-electron chi connectivity index (χ3n) is 5.68. The average Bonchev–Trinajstić information content (AvgIpc) is 3.13. The zero-order chi connectivity index (χ0) is 18.1. The van der Waals surface area contributed by atoms with E-state index in [9.17, 15) is 10.5 Å². The first kappa shape index (κ1) is 14.4. The van der Waals surface area contributed by atoms with Crippen molar-refractivity contribution in [3.63, 3.8) is 0 Å². The topological polar surface area (TPSA) is 69.5 Å². The second-order valence-electron chi connectivity index (χ2n) is 6.88. The van der Waals surface area contributed by atoms with Crippen molar-refractivity contribution >= 4 is 43.6 Å². The van der Waals surface area contributed by atoms with Gasteiger partial charge in [-0.3, -0.25) is 5.32 Å². The fourth-order valence-corrected chi connectivity index (χ4v) is 4.68.